The summed E-state index contributed by atoms with van der Waals surface area (Å²) >= 11 is 1.69. The highest BCUT2D eigenvalue weighted by molar-refractivity contribution is 7.98. The standard InChI is InChI=1S/C13H19N3OS/c1-13(2)8-17-12(15-13)9-7-14-11(16(3)4)6-10(9)18-5/h6-7H,8H2,1-5H3. The molecule has 1 aromatic heterocycles. The highest BCUT2D eigenvalue weighted by Crippen LogP contribution is 2.28. The van der Waals surface area contributed by atoms with Gasteiger partial charge >= 0.3 is 0 Å². The van der Waals surface area contributed by atoms with Gasteiger partial charge in [0.05, 0.1) is 11.1 Å². The summed E-state index contributed by atoms with van der Waals surface area (Å²) in [5, 5.41) is 0. The minimum atomic E-state index is -0.134. The lowest BCUT2D eigenvalue weighted by Crippen LogP contribution is -2.17. The Morgan fingerprint density at radius 1 is 1.39 bits per heavy atom. The van der Waals surface area contributed by atoms with E-state index in [4.69, 9.17) is 4.74 Å². The quantitative estimate of drug-likeness (QED) is 0.787. The molecule has 0 atom stereocenters. The second-order valence-electron chi connectivity index (χ2n) is 5.16. The van der Waals surface area contributed by atoms with Crippen LogP contribution in [-0.2, 0) is 4.74 Å². The number of ether oxygens (including phenoxy) is 1. The van der Waals surface area contributed by atoms with E-state index < -0.39 is 0 Å². The highest BCUT2D eigenvalue weighted by Gasteiger charge is 2.28. The zero-order valence-electron chi connectivity index (χ0n) is 11.5. The van der Waals surface area contributed by atoms with Gasteiger partial charge in [0.25, 0.3) is 0 Å². The minimum Gasteiger partial charge on any atom is -0.475 e. The molecule has 0 aromatic carbocycles. The molecule has 2 rings (SSSR count). The summed E-state index contributed by atoms with van der Waals surface area (Å²) < 4.78 is 5.68. The van der Waals surface area contributed by atoms with Crippen LogP contribution >= 0.6 is 11.8 Å². The molecule has 4 nitrogen and oxygen atoms in total. The number of thioether (sulfide) groups is 1. The number of hydrogen-bond acceptors (Lipinski definition) is 5. The van der Waals surface area contributed by atoms with Gasteiger partial charge in [-0.2, -0.15) is 0 Å². The van der Waals surface area contributed by atoms with E-state index in [9.17, 15) is 0 Å². The molecule has 0 N–H and O–H groups in total. The molecule has 0 fully saturated rings. The fraction of sp³-hybridized carbons (Fsp3) is 0.538. The van der Waals surface area contributed by atoms with Gasteiger partial charge in [0.2, 0.25) is 5.90 Å². The Morgan fingerprint density at radius 3 is 2.61 bits per heavy atom. The molecule has 5 heteroatoms. The smallest absolute Gasteiger partial charge is 0.219 e. The molecule has 0 saturated heterocycles. The number of anilines is 1. The SMILES string of the molecule is CSc1cc(N(C)C)ncc1C1=NC(C)(C)CO1. The lowest BCUT2D eigenvalue weighted by molar-refractivity contribution is 0.279. The summed E-state index contributed by atoms with van der Waals surface area (Å²) in [6.07, 6.45) is 3.90. The van der Waals surface area contributed by atoms with Gasteiger partial charge in [-0.1, -0.05) is 0 Å². The summed E-state index contributed by atoms with van der Waals surface area (Å²) in [5.41, 5.74) is 0.851. The van der Waals surface area contributed by atoms with Gasteiger partial charge in [-0.3, -0.25) is 0 Å². The van der Waals surface area contributed by atoms with Crippen LogP contribution in [0, 0.1) is 0 Å². The number of hydrogen-bond donors (Lipinski definition) is 0. The third-order valence-corrected chi connectivity index (χ3v) is 3.50. The number of aliphatic imine (C=N–C) groups is 1. The third-order valence-electron chi connectivity index (χ3n) is 2.73. The first-order valence-corrected chi connectivity index (χ1v) is 7.10. The van der Waals surface area contributed by atoms with Crippen molar-refractivity contribution in [3.8, 4) is 0 Å². The normalized spacial score (nSPS) is 17.3. The predicted molar refractivity (Wildman–Crippen MR) is 76.9 cm³/mol. The van der Waals surface area contributed by atoms with Crippen molar-refractivity contribution in [1.82, 2.24) is 4.98 Å². The maximum atomic E-state index is 5.68. The fourth-order valence-corrected chi connectivity index (χ4v) is 2.31. The molecular formula is C13H19N3OS. The van der Waals surface area contributed by atoms with Gasteiger partial charge in [0, 0.05) is 25.2 Å². The van der Waals surface area contributed by atoms with Crippen LogP contribution in [0.3, 0.4) is 0 Å². The van der Waals surface area contributed by atoms with Crippen LogP contribution in [0.2, 0.25) is 0 Å². The van der Waals surface area contributed by atoms with Gasteiger partial charge in [0.1, 0.15) is 12.4 Å². The lowest BCUT2D eigenvalue weighted by atomic mass is 10.1. The molecule has 18 heavy (non-hydrogen) atoms. The molecular weight excluding hydrogens is 246 g/mol. The molecule has 1 aromatic rings. The maximum absolute atomic E-state index is 5.68. The van der Waals surface area contributed by atoms with Gasteiger partial charge in [0.15, 0.2) is 0 Å². The van der Waals surface area contributed by atoms with E-state index in [1.807, 2.05) is 25.2 Å². The second-order valence-corrected chi connectivity index (χ2v) is 6.00. The summed E-state index contributed by atoms with van der Waals surface area (Å²) in [7, 11) is 3.97. The van der Waals surface area contributed by atoms with Crippen molar-refractivity contribution in [3.05, 3.63) is 17.8 Å². The van der Waals surface area contributed by atoms with Gasteiger partial charge in [-0.05, 0) is 26.2 Å². The number of pyridine rings is 1. The van der Waals surface area contributed by atoms with E-state index >= 15 is 0 Å². The van der Waals surface area contributed by atoms with Crippen LogP contribution in [0.4, 0.5) is 5.82 Å². The predicted octanol–water partition coefficient (Wildman–Crippen LogP) is 2.42. The van der Waals surface area contributed by atoms with Gasteiger partial charge in [-0.25, -0.2) is 9.98 Å². The van der Waals surface area contributed by atoms with Crippen LogP contribution in [0.5, 0.6) is 0 Å². The second kappa shape index (κ2) is 4.80. The monoisotopic (exact) mass is 265 g/mol. The fourth-order valence-electron chi connectivity index (χ4n) is 1.72. The van der Waals surface area contributed by atoms with Crippen LogP contribution in [0.1, 0.15) is 19.4 Å². The number of rotatable bonds is 3. The average Bonchev–Trinajstić information content (AvgIpc) is 2.68. The van der Waals surface area contributed by atoms with Crippen molar-refractivity contribution in [2.24, 2.45) is 4.99 Å². The van der Waals surface area contributed by atoms with Crippen LogP contribution in [0.25, 0.3) is 0 Å². The van der Waals surface area contributed by atoms with E-state index in [1.165, 1.54) is 0 Å². The molecule has 98 valence electrons. The highest BCUT2D eigenvalue weighted by atomic mass is 32.2. The largest absolute Gasteiger partial charge is 0.475 e. The topological polar surface area (TPSA) is 37.7 Å². The zero-order valence-corrected chi connectivity index (χ0v) is 12.3. The molecule has 0 saturated carbocycles. The van der Waals surface area contributed by atoms with E-state index in [2.05, 4.69) is 36.1 Å². The Labute approximate surface area is 112 Å². The number of aromatic nitrogens is 1. The molecule has 0 spiro atoms. The first-order chi connectivity index (χ1) is 8.43. The molecule has 0 bridgehead atoms. The third kappa shape index (κ3) is 2.61. The molecule has 1 aliphatic heterocycles. The average molecular weight is 265 g/mol. The molecule has 0 aliphatic carbocycles. The Morgan fingerprint density at radius 2 is 2.11 bits per heavy atom. The van der Waals surface area contributed by atoms with Crippen molar-refractivity contribution in [3.63, 3.8) is 0 Å². The van der Waals surface area contributed by atoms with Crippen molar-refractivity contribution in [2.75, 3.05) is 31.9 Å². The Hall–Kier alpha value is -1.23. The molecule has 0 radical (unpaired) electrons. The van der Waals surface area contributed by atoms with Crippen LogP contribution in [0.15, 0.2) is 22.2 Å². The minimum absolute atomic E-state index is 0.134. The summed E-state index contributed by atoms with van der Waals surface area (Å²) in [6.45, 7) is 4.77. The summed E-state index contributed by atoms with van der Waals surface area (Å²) in [4.78, 5) is 12.2. The molecule has 1 aliphatic rings. The van der Waals surface area contributed by atoms with Crippen LogP contribution in [-0.4, -0.2) is 43.4 Å². The summed E-state index contributed by atoms with van der Waals surface area (Å²) in [5.74, 6) is 1.66. The van der Waals surface area contributed by atoms with E-state index in [0.717, 1.165) is 16.3 Å². The van der Waals surface area contributed by atoms with Crippen molar-refractivity contribution in [1.29, 1.82) is 0 Å². The Bertz CT molecular complexity index is 483. The Kier molecular flexibility index (Phi) is 3.52. The van der Waals surface area contributed by atoms with Crippen molar-refractivity contribution < 1.29 is 4.74 Å². The Balaban J connectivity index is 2.40. The van der Waals surface area contributed by atoms with E-state index in [0.29, 0.717) is 12.5 Å². The van der Waals surface area contributed by atoms with Crippen LogP contribution < -0.4 is 4.90 Å². The van der Waals surface area contributed by atoms with E-state index in [-0.39, 0.29) is 5.54 Å². The van der Waals surface area contributed by atoms with Gasteiger partial charge in [-0.15, -0.1) is 11.8 Å². The first kappa shape index (κ1) is 13.2. The van der Waals surface area contributed by atoms with Crippen molar-refractivity contribution in [2.45, 2.75) is 24.3 Å². The zero-order chi connectivity index (χ0) is 13.3. The number of nitrogens with zero attached hydrogens (tertiary/aromatic N) is 3. The first-order valence-electron chi connectivity index (χ1n) is 5.87. The van der Waals surface area contributed by atoms with Gasteiger partial charge < -0.3 is 9.64 Å². The summed E-state index contributed by atoms with van der Waals surface area (Å²) in [6, 6.07) is 2.07. The van der Waals surface area contributed by atoms with E-state index in [1.54, 1.807) is 11.8 Å². The van der Waals surface area contributed by atoms with Crippen molar-refractivity contribution >= 4 is 23.5 Å². The molecule has 0 amide bonds. The lowest BCUT2D eigenvalue weighted by Gasteiger charge is -2.14. The maximum Gasteiger partial charge on any atom is 0.219 e. The molecule has 0 unspecified atom stereocenters. The molecule has 2 heterocycles.